The van der Waals surface area contributed by atoms with E-state index in [1.807, 2.05) is 0 Å². The second-order valence-corrected chi connectivity index (χ2v) is 3.79. The number of hydrogen-bond acceptors (Lipinski definition) is 2. The van der Waals surface area contributed by atoms with Crippen LogP contribution in [0.4, 0.5) is 0 Å². The number of ether oxygens (including phenoxy) is 1. The average Bonchev–Trinajstić information content (AvgIpc) is 2.39. The lowest BCUT2D eigenvalue weighted by atomic mass is 9.93. The van der Waals surface area contributed by atoms with Crippen molar-refractivity contribution in [3.63, 3.8) is 0 Å². The Morgan fingerprint density at radius 3 is 3.00 bits per heavy atom. The van der Waals surface area contributed by atoms with E-state index in [9.17, 15) is 4.79 Å². The first-order valence-corrected chi connectivity index (χ1v) is 4.61. The standard InChI is InChI=1S/C10H14O2/c1-7(11)12-10-5-3-8-2-4-9(10)6-8/h3,5,8-10H,2,4,6H2,1H3/t8?,9?,10-/m1/s1. The molecule has 2 aliphatic carbocycles. The van der Waals surface area contributed by atoms with Gasteiger partial charge in [0.05, 0.1) is 0 Å². The fourth-order valence-corrected chi connectivity index (χ4v) is 2.28. The van der Waals surface area contributed by atoms with E-state index in [0.717, 1.165) is 5.92 Å². The zero-order chi connectivity index (χ0) is 8.55. The number of allylic oxidation sites excluding steroid dienone is 1. The monoisotopic (exact) mass is 166 g/mol. The summed E-state index contributed by atoms with van der Waals surface area (Å²) in [7, 11) is 0. The molecular weight excluding hydrogens is 152 g/mol. The smallest absolute Gasteiger partial charge is 0.303 e. The minimum atomic E-state index is -0.157. The van der Waals surface area contributed by atoms with Crippen LogP contribution in [-0.2, 0) is 9.53 Å². The molecule has 0 aromatic carbocycles. The summed E-state index contributed by atoms with van der Waals surface area (Å²) in [6.07, 6.45) is 8.05. The maximum Gasteiger partial charge on any atom is 0.303 e. The second-order valence-electron chi connectivity index (χ2n) is 3.79. The molecular formula is C10H14O2. The first kappa shape index (κ1) is 7.84. The van der Waals surface area contributed by atoms with Crippen LogP contribution in [0.15, 0.2) is 12.2 Å². The molecule has 12 heavy (non-hydrogen) atoms. The van der Waals surface area contributed by atoms with Gasteiger partial charge in [-0.3, -0.25) is 4.79 Å². The number of rotatable bonds is 1. The van der Waals surface area contributed by atoms with Crippen LogP contribution in [0.5, 0.6) is 0 Å². The molecule has 2 nitrogen and oxygen atoms in total. The van der Waals surface area contributed by atoms with Crippen molar-refractivity contribution in [2.75, 3.05) is 0 Å². The van der Waals surface area contributed by atoms with Crippen LogP contribution in [0.25, 0.3) is 0 Å². The summed E-state index contributed by atoms with van der Waals surface area (Å²) in [5.41, 5.74) is 0. The van der Waals surface area contributed by atoms with Crippen molar-refractivity contribution in [3.05, 3.63) is 12.2 Å². The molecule has 0 amide bonds. The van der Waals surface area contributed by atoms with Gasteiger partial charge < -0.3 is 4.74 Å². The predicted molar refractivity (Wildman–Crippen MR) is 45.5 cm³/mol. The van der Waals surface area contributed by atoms with Gasteiger partial charge in [0.15, 0.2) is 0 Å². The Morgan fingerprint density at radius 2 is 2.25 bits per heavy atom. The first-order valence-electron chi connectivity index (χ1n) is 4.61. The molecule has 0 heterocycles. The maximum absolute atomic E-state index is 10.7. The number of carbonyl (C=O) groups is 1. The predicted octanol–water partition coefficient (Wildman–Crippen LogP) is 1.90. The molecule has 0 saturated heterocycles. The topological polar surface area (TPSA) is 26.3 Å². The number of hydrogen-bond donors (Lipinski definition) is 0. The molecule has 0 aromatic heterocycles. The van der Waals surface area contributed by atoms with E-state index < -0.39 is 0 Å². The van der Waals surface area contributed by atoms with Crippen LogP contribution >= 0.6 is 0 Å². The van der Waals surface area contributed by atoms with E-state index in [0.29, 0.717) is 5.92 Å². The molecule has 2 aliphatic rings. The normalized spacial score (nSPS) is 38.2. The Balaban J connectivity index is 2.02. The Kier molecular flexibility index (Phi) is 1.91. The SMILES string of the molecule is CC(=O)O[C@@H]1C=CC2CCC1C2. The average molecular weight is 166 g/mol. The van der Waals surface area contributed by atoms with E-state index in [1.165, 1.54) is 26.2 Å². The van der Waals surface area contributed by atoms with Crippen molar-refractivity contribution in [1.29, 1.82) is 0 Å². The van der Waals surface area contributed by atoms with E-state index in [2.05, 4.69) is 12.2 Å². The molecule has 2 heteroatoms. The summed E-state index contributed by atoms with van der Waals surface area (Å²) in [6.45, 7) is 1.48. The van der Waals surface area contributed by atoms with Crippen molar-refractivity contribution in [3.8, 4) is 0 Å². The highest BCUT2D eigenvalue weighted by atomic mass is 16.5. The third kappa shape index (κ3) is 1.38. The lowest BCUT2D eigenvalue weighted by Gasteiger charge is -2.23. The molecule has 2 unspecified atom stereocenters. The van der Waals surface area contributed by atoms with E-state index in [-0.39, 0.29) is 12.1 Å². The molecule has 2 rings (SSSR count). The minimum absolute atomic E-state index is 0.0706. The van der Waals surface area contributed by atoms with Gasteiger partial charge in [0.2, 0.25) is 0 Å². The van der Waals surface area contributed by atoms with Gasteiger partial charge in [-0.05, 0) is 31.3 Å². The van der Waals surface area contributed by atoms with Crippen molar-refractivity contribution < 1.29 is 9.53 Å². The summed E-state index contributed by atoms with van der Waals surface area (Å²) in [6, 6.07) is 0. The Bertz CT molecular complexity index is 220. The highest BCUT2D eigenvalue weighted by Gasteiger charge is 2.33. The van der Waals surface area contributed by atoms with E-state index in [4.69, 9.17) is 4.74 Å². The zero-order valence-corrected chi connectivity index (χ0v) is 7.32. The Hall–Kier alpha value is -0.790. The highest BCUT2D eigenvalue weighted by Crippen LogP contribution is 2.39. The van der Waals surface area contributed by atoms with Gasteiger partial charge >= 0.3 is 5.97 Å². The summed E-state index contributed by atoms with van der Waals surface area (Å²) in [5.74, 6) is 1.21. The molecule has 0 radical (unpaired) electrons. The van der Waals surface area contributed by atoms with Crippen molar-refractivity contribution >= 4 is 5.97 Å². The molecule has 0 N–H and O–H groups in total. The summed E-state index contributed by atoms with van der Waals surface area (Å²) >= 11 is 0. The van der Waals surface area contributed by atoms with Gasteiger partial charge in [-0.2, -0.15) is 0 Å². The van der Waals surface area contributed by atoms with Crippen LogP contribution in [0.3, 0.4) is 0 Å². The van der Waals surface area contributed by atoms with E-state index >= 15 is 0 Å². The Morgan fingerprint density at radius 1 is 1.42 bits per heavy atom. The summed E-state index contributed by atoms with van der Waals surface area (Å²) in [4.78, 5) is 10.7. The van der Waals surface area contributed by atoms with Gasteiger partial charge in [0.25, 0.3) is 0 Å². The highest BCUT2D eigenvalue weighted by molar-refractivity contribution is 5.66. The second kappa shape index (κ2) is 2.92. The van der Waals surface area contributed by atoms with Crippen molar-refractivity contribution in [1.82, 2.24) is 0 Å². The van der Waals surface area contributed by atoms with Crippen LogP contribution < -0.4 is 0 Å². The third-order valence-electron chi connectivity index (χ3n) is 2.85. The molecule has 3 atom stereocenters. The quantitative estimate of drug-likeness (QED) is 0.439. The Labute approximate surface area is 72.6 Å². The van der Waals surface area contributed by atoms with Gasteiger partial charge in [-0.25, -0.2) is 0 Å². The zero-order valence-electron chi connectivity index (χ0n) is 7.32. The van der Waals surface area contributed by atoms with Crippen LogP contribution in [0.2, 0.25) is 0 Å². The number of fused-ring (bicyclic) bond motifs is 2. The molecule has 1 fully saturated rings. The minimum Gasteiger partial charge on any atom is -0.458 e. The lowest BCUT2D eigenvalue weighted by molar-refractivity contribution is -0.146. The molecule has 66 valence electrons. The molecule has 0 aromatic rings. The van der Waals surface area contributed by atoms with E-state index in [1.54, 1.807) is 0 Å². The van der Waals surface area contributed by atoms with Crippen molar-refractivity contribution in [2.45, 2.75) is 32.3 Å². The molecule has 1 saturated carbocycles. The largest absolute Gasteiger partial charge is 0.458 e. The van der Waals surface area contributed by atoms with Gasteiger partial charge in [-0.1, -0.05) is 6.08 Å². The summed E-state index contributed by atoms with van der Waals surface area (Å²) < 4.78 is 5.20. The van der Waals surface area contributed by atoms with Crippen molar-refractivity contribution in [2.24, 2.45) is 11.8 Å². The first-order chi connectivity index (χ1) is 5.75. The molecule has 0 aliphatic heterocycles. The molecule has 0 spiro atoms. The van der Waals surface area contributed by atoms with Gasteiger partial charge in [-0.15, -0.1) is 0 Å². The number of esters is 1. The fourth-order valence-electron chi connectivity index (χ4n) is 2.28. The van der Waals surface area contributed by atoms with Gasteiger partial charge in [0, 0.05) is 12.8 Å². The maximum atomic E-state index is 10.7. The van der Waals surface area contributed by atoms with Crippen LogP contribution in [0.1, 0.15) is 26.2 Å². The fraction of sp³-hybridized carbons (Fsp3) is 0.700. The lowest BCUT2D eigenvalue weighted by Crippen LogP contribution is -2.24. The van der Waals surface area contributed by atoms with Gasteiger partial charge in [0.1, 0.15) is 6.10 Å². The molecule has 2 bridgehead atoms. The third-order valence-corrected chi connectivity index (χ3v) is 2.85. The number of carbonyl (C=O) groups excluding carboxylic acids is 1. The summed E-state index contributed by atoms with van der Waals surface area (Å²) in [5, 5.41) is 0. The van der Waals surface area contributed by atoms with Crippen LogP contribution in [-0.4, -0.2) is 12.1 Å². The van der Waals surface area contributed by atoms with Crippen LogP contribution in [0, 0.1) is 11.8 Å².